The van der Waals surface area contributed by atoms with Crippen LogP contribution >= 0.6 is 11.3 Å². The molecule has 1 unspecified atom stereocenters. The van der Waals surface area contributed by atoms with E-state index in [1.807, 2.05) is 25.1 Å². The molecule has 4 rings (SSSR count). The molecule has 2 aromatic heterocycles. The lowest BCUT2D eigenvalue weighted by Gasteiger charge is -2.30. The number of amides is 1. The summed E-state index contributed by atoms with van der Waals surface area (Å²) in [6.45, 7) is 4.08. The molecule has 33 heavy (non-hydrogen) atoms. The van der Waals surface area contributed by atoms with Gasteiger partial charge in [0.15, 0.2) is 0 Å². The molecule has 1 atom stereocenters. The van der Waals surface area contributed by atoms with E-state index in [0.717, 1.165) is 52.7 Å². The largest absolute Gasteiger partial charge is 0.433 e. The minimum Gasteiger partial charge on any atom is -0.369 e. The van der Waals surface area contributed by atoms with E-state index >= 15 is 0 Å². The molecule has 0 aliphatic carbocycles. The molecule has 7 nitrogen and oxygen atoms in total. The number of anilines is 2. The molecule has 1 fully saturated rings. The molecule has 1 amide bonds. The van der Waals surface area contributed by atoms with Crippen molar-refractivity contribution in [3.8, 4) is 10.4 Å². The number of thiazole rings is 1. The van der Waals surface area contributed by atoms with Crippen molar-refractivity contribution in [2.45, 2.75) is 32.5 Å². The molecule has 3 N–H and O–H groups in total. The van der Waals surface area contributed by atoms with Crippen molar-refractivity contribution in [3.63, 3.8) is 0 Å². The number of aromatic nitrogens is 3. The van der Waals surface area contributed by atoms with Gasteiger partial charge in [-0.25, -0.2) is 15.0 Å². The first-order valence-electron chi connectivity index (χ1n) is 10.4. The van der Waals surface area contributed by atoms with E-state index in [1.165, 1.54) is 0 Å². The van der Waals surface area contributed by atoms with Crippen LogP contribution in [0.15, 0.2) is 36.7 Å². The molecule has 174 valence electrons. The van der Waals surface area contributed by atoms with Crippen LogP contribution in [0.3, 0.4) is 0 Å². The van der Waals surface area contributed by atoms with Gasteiger partial charge < -0.3 is 11.1 Å². The number of primary amides is 1. The Bertz CT molecular complexity index is 1150. The first kappa shape index (κ1) is 23.1. The van der Waals surface area contributed by atoms with Gasteiger partial charge in [-0.05, 0) is 55.6 Å². The first-order chi connectivity index (χ1) is 15.7. The fourth-order valence-corrected chi connectivity index (χ4v) is 4.79. The van der Waals surface area contributed by atoms with Crippen LogP contribution in [0.4, 0.5) is 24.8 Å². The zero-order chi connectivity index (χ0) is 23.6. The molecule has 1 aliphatic rings. The average molecular weight is 477 g/mol. The molecule has 3 aromatic rings. The third-order valence-electron chi connectivity index (χ3n) is 5.38. The number of likely N-dealkylation sites (tertiary alicyclic amines) is 1. The number of rotatable bonds is 6. The van der Waals surface area contributed by atoms with E-state index < -0.39 is 11.9 Å². The summed E-state index contributed by atoms with van der Waals surface area (Å²) in [6.07, 6.45) is 0.0739. The highest BCUT2D eigenvalue weighted by molar-refractivity contribution is 7.15. The van der Waals surface area contributed by atoms with Crippen LogP contribution in [0.5, 0.6) is 0 Å². The van der Waals surface area contributed by atoms with Gasteiger partial charge in [0, 0.05) is 24.6 Å². The molecule has 0 bridgehead atoms. The number of nitrogens with one attached hydrogen (secondary N) is 1. The molecule has 0 saturated carbocycles. The Kier molecular flexibility index (Phi) is 6.61. The predicted octanol–water partition coefficient (Wildman–Crippen LogP) is 4.37. The maximum atomic E-state index is 12.9. The summed E-state index contributed by atoms with van der Waals surface area (Å²) in [5, 5.41) is 3.79. The number of benzene rings is 1. The second-order valence-corrected chi connectivity index (χ2v) is 9.19. The number of halogens is 3. The molecule has 0 radical (unpaired) electrons. The maximum Gasteiger partial charge on any atom is 0.433 e. The monoisotopic (exact) mass is 476 g/mol. The van der Waals surface area contributed by atoms with Crippen LogP contribution in [0.2, 0.25) is 0 Å². The molecular weight excluding hydrogens is 453 g/mol. The number of carbonyl (C=O) groups is 1. The van der Waals surface area contributed by atoms with Crippen molar-refractivity contribution in [2.75, 3.05) is 18.4 Å². The molecule has 1 aliphatic heterocycles. The Balaban J connectivity index is 1.49. The van der Waals surface area contributed by atoms with Gasteiger partial charge in [-0.15, -0.1) is 11.3 Å². The third-order valence-corrected chi connectivity index (χ3v) is 6.42. The zero-order valence-electron chi connectivity index (χ0n) is 17.9. The van der Waals surface area contributed by atoms with Crippen LogP contribution in [0, 0.1) is 12.8 Å². The third kappa shape index (κ3) is 5.85. The minimum atomic E-state index is -4.54. The fourth-order valence-electron chi connectivity index (χ4n) is 3.84. The molecule has 1 aromatic carbocycles. The maximum absolute atomic E-state index is 12.9. The van der Waals surface area contributed by atoms with Gasteiger partial charge in [0.25, 0.3) is 0 Å². The molecule has 3 heterocycles. The smallest absolute Gasteiger partial charge is 0.369 e. The summed E-state index contributed by atoms with van der Waals surface area (Å²) in [6, 6.07) is 6.46. The Morgan fingerprint density at radius 2 is 2.12 bits per heavy atom. The van der Waals surface area contributed by atoms with Crippen molar-refractivity contribution < 1.29 is 18.0 Å². The number of nitrogens with two attached hydrogens (primary N) is 1. The number of nitrogens with zero attached hydrogens (tertiary/aromatic N) is 4. The number of hydrogen-bond acceptors (Lipinski definition) is 7. The van der Waals surface area contributed by atoms with Crippen molar-refractivity contribution in [1.82, 2.24) is 19.9 Å². The summed E-state index contributed by atoms with van der Waals surface area (Å²) in [5.74, 6) is -0.508. The molecule has 1 saturated heterocycles. The average Bonchev–Trinajstić information content (AvgIpc) is 3.22. The van der Waals surface area contributed by atoms with Crippen molar-refractivity contribution in [3.05, 3.63) is 52.9 Å². The Hall–Kier alpha value is -3.05. The van der Waals surface area contributed by atoms with E-state index in [9.17, 15) is 18.0 Å². The van der Waals surface area contributed by atoms with E-state index in [-0.39, 0.29) is 17.8 Å². The standard InChI is InChI=1S/C22H23F3N6OS/c1-13-7-15(9-16(8-13)29-21-27-5-4-18(30-21)22(23,24)25)17-10-28-19(33-17)12-31-6-2-3-14(11-31)20(26)32/h4-5,7-10,14H,2-3,6,11-12H2,1H3,(H2,26,32)(H,27,29,30). The lowest BCUT2D eigenvalue weighted by atomic mass is 9.98. The Morgan fingerprint density at radius 1 is 1.30 bits per heavy atom. The minimum absolute atomic E-state index is 0.123. The van der Waals surface area contributed by atoms with E-state index in [2.05, 4.69) is 25.2 Å². The predicted molar refractivity (Wildman–Crippen MR) is 120 cm³/mol. The van der Waals surface area contributed by atoms with Gasteiger partial charge in [-0.2, -0.15) is 13.2 Å². The summed E-state index contributed by atoms with van der Waals surface area (Å²) >= 11 is 1.54. The van der Waals surface area contributed by atoms with Crippen LogP contribution in [-0.4, -0.2) is 38.8 Å². The second-order valence-electron chi connectivity index (χ2n) is 8.07. The summed E-state index contributed by atoms with van der Waals surface area (Å²) in [4.78, 5) is 26.6. The second kappa shape index (κ2) is 9.44. The summed E-state index contributed by atoms with van der Waals surface area (Å²) < 4.78 is 38.8. The number of hydrogen-bond donors (Lipinski definition) is 2. The number of alkyl halides is 3. The molecular formula is C22H23F3N6OS. The number of piperidine rings is 1. The molecule has 11 heteroatoms. The lowest BCUT2D eigenvalue weighted by Crippen LogP contribution is -2.40. The highest BCUT2D eigenvalue weighted by Gasteiger charge is 2.32. The van der Waals surface area contributed by atoms with Gasteiger partial charge in [0.05, 0.1) is 17.3 Å². The quantitative estimate of drug-likeness (QED) is 0.549. The Labute approximate surface area is 192 Å². The van der Waals surface area contributed by atoms with Crippen LogP contribution < -0.4 is 11.1 Å². The number of carbonyl (C=O) groups excluding carboxylic acids is 1. The fraction of sp³-hybridized carbons (Fsp3) is 0.364. The van der Waals surface area contributed by atoms with E-state index in [4.69, 9.17) is 5.73 Å². The molecule has 0 spiro atoms. The van der Waals surface area contributed by atoms with Crippen LogP contribution in [0.25, 0.3) is 10.4 Å². The van der Waals surface area contributed by atoms with Crippen molar-refractivity contribution in [1.29, 1.82) is 0 Å². The first-order valence-corrected chi connectivity index (χ1v) is 11.2. The van der Waals surface area contributed by atoms with Gasteiger partial charge in [-0.3, -0.25) is 9.69 Å². The Morgan fingerprint density at radius 3 is 2.88 bits per heavy atom. The SMILES string of the molecule is Cc1cc(Nc2nccc(C(F)(F)F)n2)cc(-c2cnc(CN3CCCC(C(N)=O)C3)s2)c1. The summed E-state index contributed by atoms with van der Waals surface area (Å²) in [5.41, 5.74) is 6.86. The highest BCUT2D eigenvalue weighted by Crippen LogP contribution is 2.32. The van der Waals surface area contributed by atoms with Gasteiger partial charge >= 0.3 is 6.18 Å². The van der Waals surface area contributed by atoms with E-state index in [1.54, 1.807) is 17.5 Å². The lowest BCUT2D eigenvalue weighted by molar-refractivity contribution is -0.141. The topological polar surface area (TPSA) is 97.0 Å². The zero-order valence-corrected chi connectivity index (χ0v) is 18.7. The van der Waals surface area contributed by atoms with Crippen molar-refractivity contribution in [2.24, 2.45) is 11.7 Å². The van der Waals surface area contributed by atoms with Gasteiger partial charge in [0.1, 0.15) is 10.7 Å². The van der Waals surface area contributed by atoms with Crippen LogP contribution in [0.1, 0.15) is 29.1 Å². The number of aryl methyl sites for hydroxylation is 1. The van der Waals surface area contributed by atoms with Crippen molar-refractivity contribution >= 4 is 28.9 Å². The van der Waals surface area contributed by atoms with Crippen LogP contribution in [-0.2, 0) is 17.5 Å². The normalized spacial score (nSPS) is 17.2. The highest BCUT2D eigenvalue weighted by atomic mass is 32.1. The summed E-state index contributed by atoms with van der Waals surface area (Å²) in [7, 11) is 0. The van der Waals surface area contributed by atoms with E-state index in [0.29, 0.717) is 18.8 Å². The van der Waals surface area contributed by atoms with Gasteiger partial charge in [-0.1, -0.05) is 6.07 Å². The van der Waals surface area contributed by atoms with Gasteiger partial charge in [0.2, 0.25) is 11.9 Å².